The zero-order valence-corrected chi connectivity index (χ0v) is 14.4. The van der Waals surface area contributed by atoms with Gasteiger partial charge in [-0.15, -0.1) is 0 Å². The Balaban J connectivity index is 1.85. The van der Waals surface area contributed by atoms with Crippen molar-refractivity contribution in [1.82, 2.24) is 15.1 Å². The minimum Gasteiger partial charge on any atom is -0.368 e. The van der Waals surface area contributed by atoms with Gasteiger partial charge < -0.3 is 20.0 Å². The van der Waals surface area contributed by atoms with E-state index in [1.807, 2.05) is 37.2 Å². The number of hydrogen-bond donors (Lipinski definition) is 1. The lowest BCUT2D eigenvalue weighted by atomic mass is 10.1. The smallest absolute Gasteiger partial charge is 0.317 e. The van der Waals surface area contributed by atoms with Crippen LogP contribution in [0.5, 0.6) is 0 Å². The summed E-state index contributed by atoms with van der Waals surface area (Å²) in [6.07, 6.45) is 0. The van der Waals surface area contributed by atoms with E-state index in [1.165, 1.54) is 11.3 Å². The Kier molecular flexibility index (Phi) is 5.91. The van der Waals surface area contributed by atoms with Gasteiger partial charge in [0.05, 0.1) is 0 Å². The Bertz CT molecular complexity index is 513. The predicted molar refractivity (Wildman–Crippen MR) is 91.9 cm³/mol. The average molecular weight is 325 g/mol. The van der Waals surface area contributed by atoms with Crippen molar-refractivity contribution in [1.29, 1.82) is 0 Å². The van der Waals surface area contributed by atoms with E-state index in [2.05, 4.69) is 22.0 Å². The van der Waals surface area contributed by atoms with Crippen molar-refractivity contribution < 1.29 is 4.79 Å². The molecular formula is C16H25ClN4O. The van der Waals surface area contributed by atoms with Crippen molar-refractivity contribution in [2.45, 2.75) is 6.92 Å². The number of carbonyl (C=O) groups excluding carboxylic acids is 1. The third-order valence-electron chi connectivity index (χ3n) is 3.91. The number of likely N-dealkylation sites (N-methyl/N-ethyl adjacent to an activating group) is 1. The van der Waals surface area contributed by atoms with E-state index in [1.54, 1.807) is 0 Å². The molecule has 0 aromatic heterocycles. The second-order valence-electron chi connectivity index (χ2n) is 5.94. The fourth-order valence-electron chi connectivity index (χ4n) is 2.57. The van der Waals surface area contributed by atoms with Crippen LogP contribution in [-0.4, -0.2) is 69.2 Å². The molecule has 1 saturated heterocycles. The number of nitrogens with zero attached hydrogens (tertiary/aromatic N) is 3. The van der Waals surface area contributed by atoms with Gasteiger partial charge in [0.15, 0.2) is 0 Å². The Hall–Kier alpha value is -1.46. The molecule has 22 heavy (non-hydrogen) atoms. The molecule has 0 spiro atoms. The topological polar surface area (TPSA) is 38.8 Å². The third-order valence-corrected chi connectivity index (χ3v) is 4.15. The third kappa shape index (κ3) is 4.52. The van der Waals surface area contributed by atoms with Gasteiger partial charge in [0.2, 0.25) is 0 Å². The van der Waals surface area contributed by atoms with Gasteiger partial charge in [0.25, 0.3) is 0 Å². The molecule has 2 rings (SSSR count). The molecule has 1 aromatic rings. The maximum absolute atomic E-state index is 12.1. The van der Waals surface area contributed by atoms with E-state index in [0.29, 0.717) is 6.54 Å². The normalized spacial score (nSPS) is 15.3. The zero-order valence-electron chi connectivity index (χ0n) is 13.6. The molecule has 1 aliphatic heterocycles. The van der Waals surface area contributed by atoms with Gasteiger partial charge in [-0.2, -0.15) is 0 Å². The van der Waals surface area contributed by atoms with E-state index >= 15 is 0 Å². The van der Waals surface area contributed by atoms with Crippen molar-refractivity contribution >= 4 is 23.3 Å². The molecular weight excluding hydrogens is 300 g/mol. The maximum Gasteiger partial charge on any atom is 0.317 e. The van der Waals surface area contributed by atoms with E-state index in [4.69, 9.17) is 11.6 Å². The number of halogens is 1. The highest BCUT2D eigenvalue weighted by Crippen LogP contribution is 2.25. The van der Waals surface area contributed by atoms with Crippen LogP contribution in [0.25, 0.3) is 0 Å². The summed E-state index contributed by atoms with van der Waals surface area (Å²) in [6.45, 7) is 6.77. The average Bonchev–Trinajstić information content (AvgIpc) is 2.49. The zero-order chi connectivity index (χ0) is 16.1. The first-order valence-electron chi connectivity index (χ1n) is 7.66. The van der Waals surface area contributed by atoms with Crippen molar-refractivity contribution in [2.75, 3.05) is 58.3 Å². The monoisotopic (exact) mass is 324 g/mol. The molecule has 1 aromatic carbocycles. The Morgan fingerprint density at radius 3 is 2.59 bits per heavy atom. The van der Waals surface area contributed by atoms with Gasteiger partial charge >= 0.3 is 6.03 Å². The Labute approximate surface area is 137 Å². The van der Waals surface area contributed by atoms with E-state index in [-0.39, 0.29) is 6.03 Å². The lowest BCUT2D eigenvalue weighted by Gasteiger charge is -2.36. The number of anilines is 1. The lowest BCUT2D eigenvalue weighted by molar-refractivity contribution is 0.193. The number of aryl methyl sites for hydroxylation is 1. The maximum atomic E-state index is 12.1. The summed E-state index contributed by atoms with van der Waals surface area (Å²) in [4.78, 5) is 18.3. The molecule has 0 aliphatic carbocycles. The van der Waals surface area contributed by atoms with Crippen LogP contribution in [0.2, 0.25) is 5.02 Å². The van der Waals surface area contributed by atoms with Crippen LogP contribution < -0.4 is 10.2 Å². The van der Waals surface area contributed by atoms with Crippen LogP contribution in [0.1, 0.15) is 5.56 Å². The van der Waals surface area contributed by atoms with Crippen molar-refractivity contribution in [3.8, 4) is 0 Å². The Morgan fingerprint density at radius 1 is 1.27 bits per heavy atom. The number of benzene rings is 1. The van der Waals surface area contributed by atoms with Crippen LogP contribution in [0.15, 0.2) is 18.2 Å². The summed E-state index contributed by atoms with van der Waals surface area (Å²) >= 11 is 6.09. The van der Waals surface area contributed by atoms with Crippen LogP contribution in [0.4, 0.5) is 10.5 Å². The van der Waals surface area contributed by atoms with Gasteiger partial charge in [-0.05, 0) is 38.7 Å². The summed E-state index contributed by atoms with van der Waals surface area (Å²) in [5.74, 6) is 0. The van der Waals surface area contributed by atoms with Gasteiger partial charge in [0.1, 0.15) is 0 Å². The minimum atomic E-state index is 0.0318. The summed E-state index contributed by atoms with van der Waals surface area (Å²) < 4.78 is 0. The first-order valence-corrected chi connectivity index (χ1v) is 8.04. The quantitative estimate of drug-likeness (QED) is 0.921. The molecule has 2 amide bonds. The molecule has 0 saturated carbocycles. The van der Waals surface area contributed by atoms with Gasteiger partial charge in [-0.25, -0.2) is 4.79 Å². The van der Waals surface area contributed by atoms with Crippen molar-refractivity contribution in [3.05, 3.63) is 28.8 Å². The molecule has 5 nitrogen and oxygen atoms in total. The van der Waals surface area contributed by atoms with Crippen LogP contribution in [0.3, 0.4) is 0 Å². The number of hydrogen-bond acceptors (Lipinski definition) is 3. The predicted octanol–water partition coefficient (Wildman–Crippen LogP) is 2.04. The molecule has 1 fully saturated rings. The highest BCUT2D eigenvalue weighted by atomic mass is 35.5. The molecule has 6 heteroatoms. The van der Waals surface area contributed by atoms with Crippen LogP contribution >= 0.6 is 11.6 Å². The SMILES string of the molecule is Cc1ccc(Cl)cc1N1CCN(C(=O)NCCN(C)C)CC1. The van der Waals surface area contributed by atoms with Crippen molar-refractivity contribution in [3.63, 3.8) is 0 Å². The number of amides is 2. The number of urea groups is 1. The highest BCUT2D eigenvalue weighted by molar-refractivity contribution is 6.30. The molecule has 1 heterocycles. The van der Waals surface area contributed by atoms with Crippen molar-refractivity contribution in [2.24, 2.45) is 0 Å². The highest BCUT2D eigenvalue weighted by Gasteiger charge is 2.21. The first-order chi connectivity index (χ1) is 10.5. The molecule has 0 unspecified atom stereocenters. The van der Waals surface area contributed by atoms with Crippen LogP contribution in [-0.2, 0) is 0 Å². The largest absolute Gasteiger partial charge is 0.368 e. The van der Waals surface area contributed by atoms with E-state index < -0.39 is 0 Å². The van der Waals surface area contributed by atoms with Gasteiger partial charge in [-0.1, -0.05) is 17.7 Å². The lowest BCUT2D eigenvalue weighted by Crippen LogP contribution is -2.52. The minimum absolute atomic E-state index is 0.0318. The molecule has 1 aliphatic rings. The summed E-state index contributed by atoms with van der Waals surface area (Å²) in [5, 5.41) is 3.72. The second-order valence-corrected chi connectivity index (χ2v) is 6.38. The Morgan fingerprint density at radius 2 is 1.95 bits per heavy atom. The molecule has 122 valence electrons. The summed E-state index contributed by atoms with van der Waals surface area (Å²) in [5.41, 5.74) is 2.38. The van der Waals surface area contributed by atoms with Gasteiger partial charge in [-0.3, -0.25) is 0 Å². The second kappa shape index (κ2) is 7.70. The fourth-order valence-corrected chi connectivity index (χ4v) is 2.74. The fraction of sp³-hybridized carbons (Fsp3) is 0.562. The summed E-state index contributed by atoms with van der Waals surface area (Å²) in [7, 11) is 4.00. The molecule has 0 radical (unpaired) electrons. The van der Waals surface area contributed by atoms with E-state index in [0.717, 1.165) is 37.7 Å². The van der Waals surface area contributed by atoms with Crippen LogP contribution in [0, 0.1) is 6.92 Å². The number of carbonyl (C=O) groups is 1. The summed E-state index contributed by atoms with van der Waals surface area (Å²) in [6, 6.07) is 5.99. The van der Waals surface area contributed by atoms with E-state index in [9.17, 15) is 4.79 Å². The number of nitrogens with one attached hydrogen (secondary N) is 1. The standard InChI is InChI=1S/C16H25ClN4O/c1-13-4-5-14(17)12-15(13)20-8-10-21(11-9-20)16(22)18-6-7-19(2)3/h4-5,12H,6-11H2,1-3H3,(H,18,22). The molecule has 1 N–H and O–H groups in total. The molecule has 0 bridgehead atoms. The van der Waals surface area contributed by atoms with Gasteiger partial charge in [0, 0.05) is 50.0 Å². The first kappa shape index (κ1) is 16.9. The number of piperazine rings is 1. The molecule has 0 atom stereocenters. The number of rotatable bonds is 4.